The number of carbonyl (C=O) groups is 1. The van der Waals surface area contributed by atoms with Crippen molar-refractivity contribution in [1.82, 2.24) is 15.5 Å². The standard InChI is InChI=1S/C21H23N3O2S/c1-21(2,3)17-11-9-16(10-12-17)19-23-24-20(26-19)27-14-18(25)22-13-15-7-5-4-6-8-15/h4-12H,13-14H2,1-3H3,(H,22,25). The highest BCUT2D eigenvalue weighted by atomic mass is 32.2. The van der Waals surface area contributed by atoms with E-state index in [2.05, 4.69) is 48.4 Å². The Kier molecular flexibility index (Phi) is 5.96. The van der Waals surface area contributed by atoms with Crippen LogP contribution in [-0.2, 0) is 16.8 Å². The molecule has 0 aliphatic carbocycles. The summed E-state index contributed by atoms with van der Waals surface area (Å²) in [5.41, 5.74) is 3.28. The van der Waals surface area contributed by atoms with Gasteiger partial charge in [-0.15, -0.1) is 10.2 Å². The minimum Gasteiger partial charge on any atom is -0.411 e. The molecule has 140 valence electrons. The zero-order valence-electron chi connectivity index (χ0n) is 15.7. The van der Waals surface area contributed by atoms with E-state index in [-0.39, 0.29) is 17.1 Å². The van der Waals surface area contributed by atoms with Gasteiger partial charge in [0.1, 0.15) is 0 Å². The van der Waals surface area contributed by atoms with Gasteiger partial charge in [-0.2, -0.15) is 0 Å². The second-order valence-electron chi connectivity index (χ2n) is 7.25. The maximum Gasteiger partial charge on any atom is 0.277 e. The quantitative estimate of drug-likeness (QED) is 0.639. The number of hydrogen-bond acceptors (Lipinski definition) is 5. The summed E-state index contributed by atoms with van der Waals surface area (Å²) in [6.07, 6.45) is 0. The molecule has 0 spiro atoms. The summed E-state index contributed by atoms with van der Waals surface area (Å²) < 4.78 is 5.67. The lowest BCUT2D eigenvalue weighted by Crippen LogP contribution is -2.24. The Morgan fingerprint density at radius 3 is 2.41 bits per heavy atom. The summed E-state index contributed by atoms with van der Waals surface area (Å²) in [6.45, 7) is 7.03. The molecule has 0 aliphatic heterocycles. The fourth-order valence-corrected chi connectivity index (χ4v) is 3.07. The van der Waals surface area contributed by atoms with Crippen LogP contribution in [0.1, 0.15) is 31.9 Å². The van der Waals surface area contributed by atoms with Crippen LogP contribution in [0.4, 0.5) is 0 Å². The first-order valence-electron chi connectivity index (χ1n) is 8.80. The highest BCUT2D eigenvalue weighted by molar-refractivity contribution is 7.99. The zero-order chi connectivity index (χ0) is 19.3. The van der Waals surface area contributed by atoms with Crippen molar-refractivity contribution >= 4 is 17.7 Å². The number of hydrogen-bond donors (Lipinski definition) is 1. The topological polar surface area (TPSA) is 68.0 Å². The first-order chi connectivity index (χ1) is 12.9. The maximum absolute atomic E-state index is 12.0. The third-order valence-corrected chi connectivity index (χ3v) is 4.88. The zero-order valence-corrected chi connectivity index (χ0v) is 16.5. The number of benzene rings is 2. The lowest BCUT2D eigenvalue weighted by molar-refractivity contribution is -0.118. The number of aromatic nitrogens is 2. The fraction of sp³-hybridized carbons (Fsp3) is 0.286. The summed E-state index contributed by atoms with van der Waals surface area (Å²) in [5.74, 6) is 0.623. The Morgan fingerprint density at radius 2 is 1.74 bits per heavy atom. The lowest BCUT2D eigenvalue weighted by atomic mass is 9.87. The van der Waals surface area contributed by atoms with Gasteiger partial charge in [-0.1, -0.05) is 75.0 Å². The SMILES string of the molecule is CC(C)(C)c1ccc(-c2nnc(SCC(=O)NCc3ccccc3)o2)cc1. The molecule has 0 saturated heterocycles. The van der Waals surface area contributed by atoms with Crippen molar-refractivity contribution in [2.45, 2.75) is 38.0 Å². The van der Waals surface area contributed by atoms with Crippen molar-refractivity contribution in [3.8, 4) is 11.5 Å². The molecule has 0 aliphatic rings. The molecule has 0 bridgehead atoms. The number of carbonyl (C=O) groups excluding carboxylic acids is 1. The molecule has 0 fully saturated rings. The normalized spacial score (nSPS) is 11.4. The van der Waals surface area contributed by atoms with Crippen LogP contribution in [-0.4, -0.2) is 21.9 Å². The molecule has 1 heterocycles. The number of nitrogens with one attached hydrogen (secondary N) is 1. The van der Waals surface area contributed by atoms with E-state index in [0.29, 0.717) is 17.7 Å². The molecular weight excluding hydrogens is 358 g/mol. The molecule has 27 heavy (non-hydrogen) atoms. The lowest BCUT2D eigenvalue weighted by Gasteiger charge is -2.18. The van der Waals surface area contributed by atoms with Crippen LogP contribution in [0, 0.1) is 0 Å². The van der Waals surface area contributed by atoms with Crippen molar-refractivity contribution in [2.24, 2.45) is 0 Å². The largest absolute Gasteiger partial charge is 0.411 e. The molecule has 1 aromatic heterocycles. The molecule has 0 unspecified atom stereocenters. The average molecular weight is 382 g/mol. The van der Waals surface area contributed by atoms with Gasteiger partial charge in [0.15, 0.2) is 0 Å². The molecule has 1 amide bonds. The molecular formula is C21H23N3O2S. The number of thioether (sulfide) groups is 1. The van der Waals surface area contributed by atoms with Gasteiger partial charge in [0.2, 0.25) is 11.8 Å². The minimum absolute atomic E-state index is 0.0712. The van der Waals surface area contributed by atoms with E-state index in [4.69, 9.17) is 4.42 Å². The van der Waals surface area contributed by atoms with Crippen molar-refractivity contribution in [1.29, 1.82) is 0 Å². The predicted molar refractivity (Wildman–Crippen MR) is 107 cm³/mol. The third kappa shape index (κ3) is 5.44. The maximum atomic E-state index is 12.0. The van der Waals surface area contributed by atoms with Gasteiger partial charge in [0.05, 0.1) is 5.75 Å². The van der Waals surface area contributed by atoms with Crippen molar-refractivity contribution in [2.75, 3.05) is 5.75 Å². The monoisotopic (exact) mass is 381 g/mol. The third-order valence-electron chi connectivity index (χ3n) is 4.06. The summed E-state index contributed by atoms with van der Waals surface area (Å²) in [4.78, 5) is 12.0. The van der Waals surface area contributed by atoms with Gasteiger partial charge in [-0.05, 0) is 28.7 Å². The molecule has 1 N–H and O–H groups in total. The van der Waals surface area contributed by atoms with Crippen molar-refractivity contribution in [3.05, 3.63) is 65.7 Å². The second-order valence-corrected chi connectivity index (χ2v) is 8.18. The molecule has 5 nitrogen and oxygen atoms in total. The van der Waals surface area contributed by atoms with Crippen LogP contribution in [0.3, 0.4) is 0 Å². The van der Waals surface area contributed by atoms with Crippen LogP contribution >= 0.6 is 11.8 Å². The highest BCUT2D eigenvalue weighted by Crippen LogP contribution is 2.27. The fourth-order valence-electron chi connectivity index (χ4n) is 2.47. The van der Waals surface area contributed by atoms with Crippen molar-refractivity contribution in [3.63, 3.8) is 0 Å². The Labute approximate surface area is 163 Å². The highest BCUT2D eigenvalue weighted by Gasteiger charge is 2.15. The molecule has 0 saturated carbocycles. The van der Waals surface area contributed by atoms with Crippen LogP contribution in [0.15, 0.2) is 64.2 Å². The first-order valence-corrected chi connectivity index (χ1v) is 9.78. The molecule has 2 aromatic carbocycles. The predicted octanol–water partition coefficient (Wildman–Crippen LogP) is 4.44. The Hall–Kier alpha value is -2.60. The van der Waals surface area contributed by atoms with Crippen LogP contribution in [0.25, 0.3) is 11.5 Å². The average Bonchev–Trinajstić information content (AvgIpc) is 3.14. The van der Waals surface area contributed by atoms with E-state index in [9.17, 15) is 4.79 Å². The van der Waals surface area contributed by atoms with Gasteiger partial charge < -0.3 is 9.73 Å². The van der Waals surface area contributed by atoms with E-state index >= 15 is 0 Å². The van der Waals surface area contributed by atoms with Gasteiger partial charge in [0, 0.05) is 12.1 Å². The van der Waals surface area contributed by atoms with Crippen LogP contribution < -0.4 is 5.32 Å². The number of rotatable bonds is 6. The van der Waals surface area contributed by atoms with E-state index in [1.807, 2.05) is 42.5 Å². The Morgan fingerprint density at radius 1 is 1.04 bits per heavy atom. The Balaban J connectivity index is 1.52. The van der Waals surface area contributed by atoms with Gasteiger partial charge in [0.25, 0.3) is 5.22 Å². The molecule has 0 radical (unpaired) electrons. The number of nitrogens with zero attached hydrogens (tertiary/aromatic N) is 2. The van der Waals surface area contributed by atoms with Gasteiger partial charge >= 0.3 is 0 Å². The summed E-state index contributed by atoms with van der Waals surface area (Å²) in [7, 11) is 0. The van der Waals surface area contributed by atoms with Crippen LogP contribution in [0.5, 0.6) is 0 Å². The van der Waals surface area contributed by atoms with E-state index < -0.39 is 0 Å². The summed E-state index contributed by atoms with van der Waals surface area (Å²) >= 11 is 1.23. The van der Waals surface area contributed by atoms with E-state index in [1.165, 1.54) is 17.3 Å². The molecule has 0 atom stereocenters. The molecule has 6 heteroatoms. The first kappa shape index (κ1) is 19.2. The molecule has 3 aromatic rings. The van der Waals surface area contributed by atoms with E-state index in [0.717, 1.165) is 11.1 Å². The van der Waals surface area contributed by atoms with Crippen LogP contribution in [0.2, 0.25) is 0 Å². The summed E-state index contributed by atoms with van der Waals surface area (Å²) in [5, 5.41) is 11.4. The van der Waals surface area contributed by atoms with Crippen molar-refractivity contribution < 1.29 is 9.21 Å². The second kappa shape index (κ2) is 8.39. The van der Waals surface area contributed by atoms with E-state index in [1.54, 1.807) is 0 Å². The summed E-state index contributed by atoms with van der Waals surface area (Å²) in [6, 6.07) is 17.9. The van der Waals surface area contributed by atoms with Gasteiger partial charge in [-0.25, -0.2) is 0 Å². The smallest absolute Gasteiger partial charge is 0.277 e. The minimum atomic E-state index is -0.0712. The Bertz CT molecular complexity index is 884. The van der Waals surface area contributed by atoms with Gasteiger partial charge in [-0.3, -0.25) is 4.79 Å². The molecule has 3 rings (SSSR count). The number of amides is 1.